The van der Waals surface area contributed by atoms with Crippen molar-refractivity contribution in [3.63, 3.8) is 0 Å². The van der Waals surface area contributed by atoms with Crippen molar-refractivity contribution in [2.75, 3.05) is 81.8 Å². The Morgan fingerprint density at radius 1 is 0.403 bits per heavy atom. The van der Waals surface area contributed by atoms with Crippen molar-refractivity contribution in [2.45, 2.75) is 123 Å². The standard InChI is InChI=1S/C13H24O6.C10H18O6.C9H16O6.C6H12O6/c1-6-7-18-13-12(17-5)11(16-4)10(15-3)9(19-13)8-14-2;1-3-4-15-10-9(13)8(12)7(11)6(16-10)5-14-2;1-2-3-14-9-8(13)7(12)6(11)5(4-10)15-9;7-1-2-3(8)4(9)5(10)6(11)12-2/h6,9-13H,1,7-8H2,2-5H3;3,6-13H,1,4-5H2,2H3;2,5-13H,1,3-4H2;2-11H,1H2. The monoisotopic (exact) mass is 910 g/mol. The lowest BCUT2D eigenvalue weighted by Crippen LogP contribution is -2.61. The Labute approximate surface area is 360 Å². The Morgan fingerprint density at radius 3 is 1.16 bits per heavy atom. The van der Waals surface area contributed by atoms with Crippen LogP contribution in [0.4, 0.5) is 0 Å². The molecular weight excluding hydrogens is 840 g/mol. The van der Waals surface area contributed by atoms with E-state index in [1.165, 1.54) is 19.3 Å². The van der Waals surface area contributed by atoms with Crippen molar-refractivity contribution in [3.05, 3.63) is 38.0 Å². The van der Waals surface area contributed by atoms with Gasteiger partial charge in [0.15, 0.2) is 25.2 Å². The molecule has 0 amide bonds. The molecule has 4 aliphatic heterocycles. The molecule has 0 spiro atoms. The lowest BCUT2D eigenvalue weighted by atomic mass is 9.98. The number of aliphatic hydroxyl groups is 12. The van der Waals surface area contributed by atoms with E-state index in [0.717, 1.165) is 0 Å². The molecule has 24 nitrogen and oxygen atoms in total. The Hall–Kier alpha value is -1.74. The van der Waals surface area contributed by atoms with Crippen LogP contribution in [0.15, 0.2) is 38.0 Å². The smallest absolute Gasteiger partial charge is 0.187 e. The zero-order valence-corrected chi connectivity index (χ0v) is 35.6. The van der Waals surface area contributed by atoms with E-state index in [4.69, 9.17) is 82.7 Å². The van der Waals surface area contributed by atoms with Crippen LogP contribution >= 0.6 is 0 Å². The lowest BCUT2D eigenvalue weighted by Gasteiger charge is -2.44. The molecule has 0 aromatic rings. The molecule has 0 aromatic carbocycles. The zero-order chi connectivity index (χ0) is 47.1. The minimum atomic E-state index is -1.57. The molecule has 0 radical (unpaired) electrons. The van der Waals surface area contributed by atoms with E-state index < -0.39 is 112 Å². The van der Waals surface area contributed by atoms with Crippen molar-refractivity contribution in [2.24, 2.45) is 0 Å². The Morgan fingerprint density at radius 2 is 0.758 bits per heavy atom. The molecule has 4 heterocycles. The molecular formula is C38H70O24. The predicted molar refractivity (Wildman–Crippen MR) is 210 cm³/mol. The van der Waals surface area contributed by atoms with Gasteiger partial charge in [-0.15, -0.1) is 19.7 Å². The van der Waals surface area contributed by atoms with Gasteiger partial charge in [-0.05, 0) is 0 Å². The number of hydrogen-bond acceptors (Lipinski definition) is 24. The Bertz CT molecular complexity index is 1180. The minimum Gasteiger partial charge on any atom is -0.394 e. The summed E-state index contributed by atoms with van der Waals surface area (Å²) in [6.45, 7) is 10.7. The zero-order valence-electron chi connectivity index (χ0n) is 35.6. The molecule has 12 N–H and O–H groups in total. The van der Waals surface area contributed by atoms with Crippen LogP contribution < -0.4 is 0 Å². The lowest BCUT2D eigenvalue weighted by molar-refractivity contribution is -0.311. The van der Waals surface area contributed by atoms with Gasteiger partial charge in [-0.3, -0.25) is 0 Å². The van der Waals surface area contributed by atoms with Crippen LogP contribution in [0.1, 0.15) is 0 Å². The van der Waals surface area contributed by atoms with E-state index in [1.54, 1.807) is 34.5 Å². The molecule has 20 unspecified atom stereocenters. The fourth-order valence-corrected chi connectivity index (χ4v) is 6.24. The van der Waals surface area contributed by atoms with Gasteiger partial charge in [-0.2, -0.15) is 0 Å². The first kappa shape index (κ1) is 58.3. The number of hydrogen-bond donors (Lipinski definition) is 12. The molecule has 0 aliphatic carbocycles. The van der Waals surface area contributed by atoms with Crippen molar-refractivity contribution in [1.29, 1.82) is 0 Å². The van der Waals surface area contributed by atoms with Crippen molar-refractivity contribution in [1.82, 2.24) is 0 Å². The molecule has 0 bridgehead atoms. The quantitative estimate of drug-likeness (QED) is 0.0570. The number of methoxy groups -OCH3 is 5. The van der Waals surface area contributed by atoms with E-state index in [1.807, 2.05) is 0 Å². The summed E-state index contributed by atoms with van der Waals surface area (Å²) in [6.07, 6.45) is -15.8. The molecule has 62 heavy (non-hydrogen) atoms. The van der Waals surface area contributed by atoms with Gasteiger partial charge in [0.25, 0.3) is 0 Å². The molecule has 24 heteroatoms. The minimum absolute atomic E-state index is 0.110. The van der Waals surface area contributed by atoms with Gasteiger partial charge in [0.2, 0.25) is 0 Å². The summed E-state index contributed by atoms with van der Waals surface area (Å²) in [5.41, 5.74) is 0. The van der Waals surface area contributed by atoms with Gasteiger partial charge in [0, 0.05) is 35.5 Å². The molecule has 4 aliphatic rings. The van der Waals surface area contributed by atoms with Crippen LogP contribution in [0.3, 0.4) is 0 Å². The second kappa shape index (κ2) is 31.2. The van der Waals surface area contributed by atoms with E-state index >= 15 is 0 Å². The maximum absolute atomic E-state index is 9.59. The second-order valence-corrected chi connectivity index (χ2v) is 13.9. The van der Waals surface area contributed by atoms with Crippen molar-refractivity contribution < 1.29 is 118 Å². The largest absolute Gasteiger partial charge is 0.394 e. The van der Waals surface area contributed by atoms with Crippen LogP contribution in [0.5, 0.6) is 0 Å². The van der Waals surface area contributed by atoms with E-state index in [2.05, 4.69) is 24.5 Å². The summed E-state index contributed by atoms with van der Waals surface area (Å²) in [6, 6.07) is 0. The van der Waals surface area contributed by atoms with Gasteiger partial charge in [-0.1, -0.05) is 18.2 Å². The number of rotatable bonds is 18. The van der Waals surface area contributed by atoms with Crippen molar-refractivity contribution >= 4 is 0 Å². The highest BCUT2D eigenvalue weighted by atomic mass is 16.7. The van der Waals surface area contributed by atoms with Crippen molar-refractivity contribution in [3.8, 4) is 0 Å². The highest BCUT2D eigenvalue weighted by molar-refractivity contribution is 4.93. The highest BCUT2D eigenvalue weighted by Gasteiger charge is 2.48. The van der Waals surface area contributed by atoms with Crippen LogP contribution in [-0.4, -0.2) is 266 Å². The average molecular weight is 911 g/mol. The van der Waals surface area contributed by atoms with E-state index in [9.17, 15) is 30.6 Å². The summed E-state index contributed by atoms with van der Waals surface area (Å²) in [5.74, 6) is 0. The Kier molecular flexibility index (Phi) is 29.3. The van der Waals surface area contributed by atoms with Gasteiger partial charge in [0.1, 0.15) is 97.7 Å². The third-order valence-corrected chi connectivity index (χ3v) is 9.59. The Balaban J connectivity index is 0.000000418. The van der Waals surface area contributed by atoms with Crippen LogP contribution in [-0.2, 0) is 56.8 Å². The summed E-state index contributed by atoms with van der Waals surface area (Å²) >= 11 is 0. The molecule has 0 aromatic heterocycles. The molecule has 4 fully saturated rings. The van der Waals surface area contributed by atoms with Gasteiger partial charge < -0.3 is 118 Å². The third kappa shape index (κ3) is 16.9. The molecule has 4 rings (SSSR count). The number of aliphatic hydroxyl groups excluding tert-OH is 12. The van der Waals surface area contributed by atoms with E-state index in [0.29, 0.717) is 13.2 Å². The van der Waals surface area contributed by atoms with Gasteiger partial charge >= 0.3 is 0 Å². The third-order valence-electron chi connectivity index (χ3n) is 9.59. The maximum atomic E-state index is 9.59. The molecule has 20 atom stereocenters. The second-order valence-electron chi connectivity index (χ2n) is 13.9. The first-order valence-corrected chi connectivity index (χ1v) is 19.4. The summed E-state index contributed by atoms with van der Waals surface area (Å²) in [4.78, 5) is 0. The average Bonchev–Trinajstić information content (AvgIpc) is 3.27. The highest BCUT2D eigenvalue weighted by Crippen LogP contribution is 2.28. The molecule has 0 saturated carbocycles. The summed E-state index contributed by atoms with van der Waals surface area (Å²) in [5, 5.41) is 111. The van der Waals surface area contributed by atoms with Crippen LogP contribution in [0, 0.1) is 0 Å². The number of ether oxygens (including phenoxy) is 12. The SMILES string of the molecule is C=CCOC1OC(CO)C(O)C(O)C1O.C=CCOC1OC(COC)C(O)C(O)C1O.C=CCOC1OC(COC)C(OC)C(OC)C1OC.OCC1OC(O)C(O)C(O)C1O. The first-order chi connectivity index (χ1) is 29.5. The fraction of sp³-hybridized carbons (Fsp3) is 0.842. The topological polar surface area (TPSA) is 354 Å². The fourth-order valence-electron chi connectivity index (χ4n) is 6.24. The summed E-state index contributed by atoms with van der Waals surface area (Å²) in [7, 11) is 7.88. The normalized spacial score (nSPS) is 40.6. The predicted octanol–water partition coefficient (Wildman–Crippen LogP) is -5.98. The molecule has 4 saturated heterocycles. The van der Waals surface area contributed by atoms with Crippen LogP contribution in [0.2, 0.25) is 0 Å². The molecule has 366 valence electrons. The van der Waals surface area contributed by atoms with Gasteiger partial charge in [0.05, 0.1) is 46.2 Å². The van der Waals surface area contributed by atoms with Gasteiger partial charge in [-0.25, -0.2) is 0 Å². The maximum Gasteiger partial charge on any atom is 0.187 e. The first-order valence-electron chi connectivity index (χ1n) is 19.4. The summed E-state index contributed by atoms with van der Waals surface area (Å²) < 4.78 is 62.8. The van der Waals surface area contributed by atoms with E-state index in [-0.39, 0.29) is 44.2 Å². The van der Waals surface area contributed by atoms with Crippen LogP contribution in [0.25, 0.3) is 0 Å².